The Labute approximate surface area is 237 Å². The van der Waals surface area contributed by atoms with E-state index in [1.807, 2.05) is 0 Å². The van der Waals surface area contributed by atoms with E-state index in [1.165, 1.54) is 18.2 Å². The quantitative estimate of drug-likeness (QED) is 0.168. The Balaban J connectivity index is 1.55. The summed E-state index contributed by atoms with van der Waals surface area (Å²) in [6.45, 7) is 0. The van der Waals surface area contributed by atoms with Crippen LogP contribution in [0.5, 0.6) is 0 Å². The highest BCUT2D eigenvalue weighted by atomic mass is 35.5. The molecule has 0 radical (unpaired) electrons. The number of halogens is 10. The lowest BCUT2D eigenvalue weighted by Gasteiger charge is -2.13. The predicted molar refractivity (Wildman–Crippen MR) is 137 cm³/mol. The summed E-state index contributed by atoms with van der Waals surface area (Å²) >= 11 is 30.2. The smallest absolute Gasteiger partial charge is 0.326 e. The molecule has 1 fully saturated rings. The molecule has 2 unspecified atom stereocenters. The Kier molecular flexibility index (Phi) is 7.96. The Morgan fingerprint density at radius 1 is 0.921 bits per heavy atom. The van der Waals surface area contributed by atoms with Gasteiger partial charge in [-0.1, -0.05) is 40.9 Å². The summed E-state index contributed by atoms with van der Waals surface area (Å²) in [5.41, 5.74) is -1.25. The van der Waals surface area contributed by atoms with Crippen molar-refractivity contribution in [2.45, 2.75) is 22.8 Å². The van der Waals surface area contributed by atoms with Gasteiger partial charge >= 0.3 is 6.18 Å². The van der Waals surface area contributed by atoms with Crippen molar-refractivity contribution in [2.75, 3.05) is 5.32 Å². The predicted octanol–water partition coefficient (Wildman–Crippen LogP) is 8.90. The molecular weight excluding hydrogens is 619 g/mol. The number of hydrogen-bond donors (Lipinski definition) is 1. The largest absolute Gasteiger partial charge is 0.417 e. The minimum absolute atomic E-state index is 0.0133. The zero-order valence-electron chi connectivity index (χ0n) is 18.6. The van der Waals surface area contributed by atoms with Crippen molar-refractivity contribution in [3.05, 3.63) is 97.5 Å². The van der Waals surface area contributed by atoms with Crippen LogP contribution < -0.4 is 5.32 Å². The first kappa shape index (κ1) is 28.9. The van der Waals surface area contributed by atoms with Crippen LogP contribution in [-0.2, 0) is 17.4 Å². The average molecular weight is 632 g/mol. The summed E-state index contributed by atoms with van der Waals surface area (Å²) in [5, 5.41) is 1.44. The summed E-state index contributed by atoms with van der Waals surface area (Å²) in [7, 11) is 0. The zero-order chi connectivity index (χ0) is 28.2. The molecule has 38 heavy (non-hydrogen) atoms. The molecule has 2 atom stereocenters. The molecule has 0 aliphatic heterocycles. The molecular formula is C25H13Cl5F5NO2. The molecule has 1 aliphatic rings. The fourth-order valence-electron chi connectivity index (χ4n) is 4.03. The number of alkyl halides is 5. The molecule has 0 bridgehead atoms. The van der Waals surface area contributed by atoms with E-state index in [1.54, 1.807) is 0 Å². The lowest BCUT2D eigenvalue weighted by Crippen LogP contribution is -2.17. The number of nitrogens with one attached hydrogen (secondary N) is 1. The minimum Gasteiger partial charge on any atom is -0.326 e. The van der Waals surface area contributed by atoms with Crippen molar-refractivity contribution in [1.82, 2.24) is 0 Å². The zero-order valence-corrected chi connectivity index (χ0v) is 22.4. The van der Waals surface area contributed by atoms with Crippen LogP contribution in [0, 0.1) is 17.6 Å². The van der Waals surface area contributed by atoms with Crippen molar-refractivity contribution in [1.29, 1.82) is 0 Å². The number of ketones is 1. The SMILES string of the molecule is O=C(Cc1ccc(F)cc1F)c1cc(NC(=O)C2C(c3cc(Cl)c(Cl)c(C(F)(F)F)c3)C2(Cl)Cl)ccc1Cl. The van der Waals surface area contributed by atoms with Gasteiger partial charge in [0.25, 0.3) is 0 Å². The highest BCUT2D eigenvalue weighted by Gasteiger charge is 2.68. The molecule has 3 aromatic carbocycles. The highest BCUT2D eigenvalue weighted by molar-refractivity contribution is 6.53. The van der Waals surface area contributed by atoms with Crippen molar-refractivity contribution in [3.8, 4) is 0 Å². The van der Waals surface area contributed by atoms with E-state index in [0.717, 1.165) is 24.3 Å². The van der Waals surface area contributed by atoms with E-state index >= 15 is 0 Å². The second kappa shape index (κ2) is 10.5. The minimum atomic E-state index is -4.81. The summed E-state index contributed by atoms with van der Waals surface area (Å²) in [5.74, 6) is -5.28. The number of carbonyl (C=O) groups excluding carboxylic acids is 2. The van der Waals surface area contributed by atoms with Crippen LogP contribution in [-0.4, -0.2) is 16.0 Å². The maximum Gasteiger partial charge on any atom is 0.417 e. The molecule has 3 aromatic rings. The summed E-state index contributed by atoms with van der Waals surface area (Å²) < 4.78 is 65.5. The molecule has 1 saturated carbocycles. The Hall–Kier alpha value is -2.10. The second-order valence-corrected chi connectivity index (χ2v) is 11.1. The number of hydrogen-bond acceptors (Lipinski definition) is 2. The standard InChI is InChI=1S/C25H13Cl5F5NO2/c26-16-4-3-13(9-14(16)19(37)7-10-1-2-12(31)8-18(10)32)36-23(38)21-20(24(21,29)30)11-5-15(25(33,34)35)22(28)17(27)6-11/h1-6,8-9,20-21H,7H2,(H,36,38). The Morgan fingerprint density at radius 3 is 2.24 bits per heavy atom. The molecule has 200 valence electrons. The third-order valence-corrected chi connectivity index (χ3v) is 8.02. The molecule has 13 heteroatoms. The van der Waals surface area contributed by atoms with Gasteiger partial charge in [-0.15, -0.1) is 23.2 Å². The molecule has 1 N–H and O–H groups in total. The van der Waals surface area contributed by atoms with Gasteiger partial charge in [-0.05, 0) is 47.5 Å². The first-order valence-corrected chi connectivity index (χ1v) is 12.5. The van der Waals surface area contributed by atoms with Gasteiger partial charge in [0.15, 0.2) is 5.78 Å². The topological polar surface area (TPSA) is 46.2 Å². The molecule has 0 heterocycles. The van der Waals surface area contributed by atoms with Crippen LogP contribution >= 0.6 is 58.0 Å². The summed E-state index contributed by atoms with van der Waals surface area (Å²) in [6, 6.07) is 8.60. The molecule has 1 amide bonds. The number of benzene rings is 3. The van der Waals surface area contributed by atoms with Gasteiger partial charge in [0.05, 0.1) is 26.5 Å². The van der Waals surface area contributed by atoms with Gasteiger partial charge in [0.2, 0.25) is 5.91 Å². The lowest BCUT2D eigenvalue weighted by atomic mass is 10.0. The molecule has 0 aromatic heterocycles. The molecule has 3 nitrogen and oxygen atoms in total. The van der Waals surface area contributed by atoms with Crippen molar-refractivity contribution in [2.24, 2.45) is 5.92 Å². The molecule has 4 rings (SSSR count). The fourth-order valence-corrected chi connectivity index (χ4v) is 5.53. The van der Waals surface area contributed by atoms with Crippen LogP contribution in [0.25, 0.3) is 0 Å². The fraction of sp³-hybridized carbons (Fsp3) is 0.200. The third-order valence-electron chi connectivity index (χ3n) is 5.95. The molecule has 1 aliphatic carbocycles. The number of amides is 1. The van der Waals surface area contributed by atoms with Crippen LogP contribution in [0.4, 0.5) is 27.6 Å². The third kappa shape index (κ3) is 5.75. The number of anilines is 1. The Bertz CT molecular complexity index is 1460. The van der Waals surface area contributed by atoms with Gasteiger partial charge in [-0.25, -0.2) is 8.78 Å². The maximum atomic E-state index is 14.0. The monoisotopic (exact) mass is 629 g/mol. The first-order chi connectivity index (χ1) is 17.6. The van der Waals surface area contributed by atoms with Crippen molar-refractivity contribution >= 4 is 75.4 Å². The van der Waals surface area contributed by atoms with Crippen LogP contribution in [0.3, 0.4) is 0 Å². The number of rotatable bonds is 6. The highest BCUT2D eigenvalue weighted by Crippen LogP contribution is 2.66. The van der Waals surface area contributed by atoms with Gasteiger partial charge < -0.3 is 5.32 Å². The number of carbonyl (C=O) groups is 2. The van der Waals surface area contributed by atoms with Gasteiger partial charge in [0.1, 0.15) is 16.0 Å². The Morgan fingerprint density at radius 2 is 1.61 bits per heavy atom. The second-order valence-electron chi connectivity index (χ2n) is 8.51. The van der Waals surface area contributed by atoms with E-state index in [-0.39, 0.29) is 32.4 Å². The molecule has 0 spiro atoms. The maximum absolute atomic E-state index is 14.0. The van der Waals surface area contributed by atoms with Gasteiger partial charge in [0, 0.05) is 29.7 Å². The van der Waals surface area contributed by atoms with Crippen LogP contribution in [0.15, 0.2) is 48.5 Å². The molecule has 0 saturated heterocycles. The van der Waals surface area contributed by atoms with E-state index in [2.05, 4.69) is 5.32 Å². The van der Waals surface area contributed by atoms with E-state index in [0.29, 0.717) is 6.07 Å². The van der Waals surface area contributed by atoms with Crippen LogP contribution in [0.2, 0.25) is 15.1 Å². The van der Waals surface area contributed by atoms with E-state index < -0.39 is 62.7 Å². The first-order valence-electron chi connectivity index (χ1n) is 10.6. The van der Waals surface area contributed by atoms with Gasteiger partial charge in [-0.2, -0.15) is 13.2 Å². The van der Waals surface area contributed by atoms with Crippen molar-refractivity contribution in [3.63, 3.8) is 0 Å². The van der Waals surface area contributed by atoms with E-state index in [9.17, 15) is 31.5 Å². The average Bonchev–Trinajstić information content (AvgIpc) is 3.39. The lowest BCUT2D eigenvalue weighted by molar-refractivity contribution is -0.137. The normalized spacial score (nSPS) is 18.3. The summed E-state index contributed by atoms with van der Waals surface area (Å²) in [4.78, 5) is 25.7. The van der Waals surface area contributed by atoms with E-state index in [4.69, 9.17) is 58.0 Å². The number of Topliss-reactive ketones (excluding diaryl/α,β-unsaturated/α-hetero) is 1. The van der Waals surface area contributed by atoms with Crippen LogP contribution in [0.1, 0.15) is 33.0 Å². The van der Waals surface area contributed by atoms with Crippen molar-refractivity contribution < 1.29 is 31.5 Å². The summed E-state index contributed by atoms with van der Waals surface area (Å²) in [6.07, 6.45) is -5.24. The van der Waals surface area contributed by atoms with Gasteiger partial charge in [-0.3, -0.25) is 9.59 Å².